The number of H-pyrrole nitrogens is 1. The van der Waals surface area contributed by atoms with Crippen LogP contribution in [0.4, 0.5) is 0 Å². The molecule has 1 saturated heterocycles. The van der Waals surface area contributed by atoms with Crippen molar-refractivity contribution in [2.24, 2.45) is 0 Å². The highest BCUT2D eigenvalue weighted by atomic mass is 16.5. The maximum absolute atomic E-state index is 13.1. The molecule has 2 unspecified atom stereocenters. The maximum atomic E-state index is 13.1. The summed E-state index contributed by atoms with van der Waals surface area (Å²) in [7, 11) is 0. The van der Waals surface area contributed by atoms with Gasteiger partial charge in [0.25, 0.3) is 0 Å². The largest absolute Gasteiger partial charge is 0.453 e. The zero-order valence-corrected chi connectivity index (χ0v) is 13.5. The second-order valence-electron chi connectivity index (χ2n) is 5.90. The number of hydrogen-bond donors (Lipinski definition) is 2. The number of aromatic nitrogens is 3. The van der Waals surface area contributed by atoms with Crippen LogP contribution in [0.5, 0.6) is 0 Å². The predicted octanol–water partition coefficient (Wildman–Crippen LogP) is 1.65. The van der Waals surface area contributed by atoms with Gasteiger partial charge in [-0.05, 0) is 18.4 Å². The van der Waals surface area contributed by atoms with E-state index in [2.05, 4.69) is 20.5 Å². The average molecular weight is 328 g/mol. The molecule has 0 bridgehead atoms. The van der Waals surface area contributed by atoms with Crippen molar-refractivity contribution in [1.29, 1.82) is 0 Å². The summed E-state index contributed by atoms with van der Waals surface area (Å²) in [5.74, 6) is 0.127. The smallest absolute Gasteiger partial charge is 0.319 e. The zero-order valence-electron chi connectivity index (χ0n) is 13.5. The van der Waals surface area contributed by atoms with Crippen LogP contribution >= 0.6 is 0 Å². The molecule has 7 nitrogen and oxygen atoms in total. The van der Waals surface area contributed by atoms with Crippen molar-refractivity contribution in [3.05, 3.63) is 48.0 Å². The number of benzene rings is 1. The Morgan fingerprint density at radius 3 is 2.75 bits per heavy atom. The number of ether oxygens (including phenoxy) is 1. The molecule has 1 aromatic carbocycles. The summed E-state index contributed by atoms with van der Waals surface area (Å²) < 4.78 is 5.75. The molecule has 2 aromatic rings. The predicted molar refractivity (Wildman–Crippen MR) is 85.9 cm³/mol. The summed E-state index contributed by atoms with van der Waals surface area (Å²) in [6.07, 6.45) is 2.20. The third kappa shape index (κ3) is 3.02. The number of carbonyl (C=O) groups is 2. The van der Waals surface area contributed by atoms with Gasteiger partial charge in [-0.25, -0.2) is 4.98 Å². The Balaban J connectivity index is 1.88. The molecule has 1 fully saturated rings. The maximum Gasteiger partial charge on any atom is 0.319 e. The van der Waals surface area contributed by atoms with Gasteiger partial charge in [-0.15, -0.1) is 0 Å². The van der Waals surface area contributed by atoms with Gasteiger partial charge in [0.2, 0.25) is 5.91 Å². The Hall–Kier alpha value is -2.70. The van der Waals surface area contributed by atoms with E-state index in [0.717, 1.165) is 5.56 Å². The van der Waals surface area contributed by atoms with Gasteiger partial charge < -0.3 is 10.1 Å². The number of piperidine rings is 1. The van der Waals surface area contributed by atoms with Gasteiger partial charge >= 0.3 is 5.97 Å². The number of esters is 1. The molecule has 1 amide bonds. The van der Waals surface area contributed by atoms with Crippen LogP contribution in [-0.2, 0) is 19.7 Å². The molecule has 126 valence electrons. The van der Waals surface area contributed by atoms with Crippen LogP contribution < -0.4 is 5.32 Å². The topological polar surface area (TPSA) is 97.0 Å². The molecular formula is C17H20N4O3. The van der Waals surface area contributed by atoms with E-state index in [1.165, 1.54) is 6.33 Å². The van der Waals surface area contributed by atoms with E-state index >= 15 is 0 Å². The van der Waals surface area contributed by atoms with E-state index in [-0.39, 0.29) is 18.4 Å². The summed E-state index contributed by atoms with van der Waals surface area (Å²) in [4.78, 5) is 28.7. The van der Waals surface area contributed by atoms with Gasteiger partial charge in [0.05, 0.1) is 0 Å². The van der Waals surface area contributed by atoms with Crippen molar-refractivity contribution in [2.75, 3.05) is 6.54 Å². The van der Waals surface area contributed by atoms with E-state index < -0.39 is 11.5 Å². The minimum absolute atomic E-state index is 0.0448. The normalized spacial score (nSPS) is 21.8. The molecule has 1 aliphatic heterocycles. The lowest BCUT2D eigenvalue weighted by molar-refractivity contribution is -0.158. The highest BCUT2D eigenvalue weighted by Gasteiger charge is 2.45. The summed E-state index contributed by atoms with van der Waals surface area (Å²) in [5, 5.41) is 9.36. The third-order valence-electron chi connectivity index (χ3n) is 4.44. The van der Waals surface area contributed by atoms with Crippen LogP contribution in [0, 0.1) is 0 Å². The third-order valence-corrected chi connectivity index (χ3v) is 4.44. The van der Waals surface area contributed by atoms with Crippen LogP contribution in [0.15, 0.2) is 36.7 Å². The molecule has 24 heavy (non-hydrogen) atoms. The number of rotatable bonds is 5. The number of nitrogens with one attached hydrogen (secondary N) is 2. The SMILES string of the molecule is CCC(OC(=O)C1(c2ccccc2)CCC(=O)NC1)c1ncn[nH]1. The van der Waals surface area contributed by atoms with Gasteiger partial charge in [-0.2, -0.15) is 5.10 Å². The van der Waals surface area contributed by atoms with Crippen LogP contribution in [0.2, 0.25) is 0 Å². The molecule has 2 atom stereocenters. The zero-order chi connectivity index (χ0) is 17.0. The summed E-state index contributed by atoms with van der Waals surface area (Å²) >= 11 is 0. The number of hydrogen-bond acceptors (Lipinski definition) is 5. The fourth-order valence-corrected chi connectivity index (χ4v) is 2.99. The monoisotopic (exact) mass is 328 g/mol. The first-order valence-electron chi connectivity index (χ1n) is 8.04. The highest BCUT2D eigenvalue weighted by Crippen LogP contribution is 2.35. The van der Waals surface area contributed by atoms with Crippen molar-refractivity contribution in [3.8, 4) is 0 Å². The van der Waals surface area contributed by atoms with E-state index in [4.69, 9.17) is 4.74 Å². The molecule has 3 rings (SSSR count). The van der Waals surface area contributed by atoms with E-state index in [1.807, 2.05) is 37.3 Å². The molecule has 7 heteroatoms. The fourth-order valence-electron chi connectivity index (χ4n) is 2.99. The minimum atomic E-state index is -0.872. The highest BCUT2D eigenvalue weighted by molar-refractivity contribution is 5.88. The summed E-state index contributed by atoms with van der Waals surface area (Å²) in [5.41, 5.74) is -0.0229. The quantitative estimate of drug-likeness (QED) is 0.813. The Bertz CT molecular complexity index is 690. The molecule has 2 N–H and O–H groups in total. The van der Waals surface area contributed by atoms with Crippen molar-refractivity contribution in [3.63, 3.8) is 0 Å². The lowest BCUT2D eigenvalue weighted by Gasteiger charge is -2.36. The minimum Gasteiger partial charge on any atom is -0.453 e. The molecule has 1 aromatic heterocycles. The molecule has 1 aliphatic rings. The van der Waals surface area contributed by atoms with Gasteiger partial charge in [0.1, 0.15) is 11.7 Å². The van der Waals surface area contributed by atoms with E-state index in [1.54, 1.807) is 0 Å². The van der Waals surface area contributed by atoms with Crippen LogP contribution in [-0.4, -0.2) is 33.6 Å². The number of nitrogens with zero attached hydrogens (tertiary/aromatic N) is 2. The standard InChI is InChI=1S/C17H20N4O3/c1-2-13(15-19-11-20-21-15)24-16(23)17(9-8-14(22)18-10-17)12-6-4-3-5-7-12/h3-7,11,13H,2,8-10H2,1H3,(H,18,22)(H,19,20,21). The van der Waals surface area contributed by atoms with Gasteiger partial charge in [0, 0.05) is 13.0 Å². The van der Waals surface area contributed by atoms with Gasteiger partial charge in [-0.1, -0.05) is 37.3 Å². The Morgan fingerprint density at radius 1 is 1.38 bits per heavy atom. The van der Waals surface area contributed by atoms with Crippen molar-refractivity contribution in [1.82, 2.24) is 20.5 Å². The Morgan fingerprint density at radius 2 is 2.17 bits per heavy atom. The molecule has 0 saturated carbocycles. The molecule has 0 spiro atoms. The van der Waals surface area contributed by atoms with Crippen molar-refractivity contribution in [2.45, 2.75) is 37.7 Å². The lowest BCUT2D eigenvalue weighted by Crippen LogP contribution is -2.52. The summed E-state index contributed by atoms with van der Waals surface area (Å²) in [6, 6.07) is 9.46. The summed E-state index contributed by atoms with van der Waals surface area (Å²) in [6.45, 7) is 2.15. The number of aromatic amines is 1. The van der Waals surface area contributed by atoms with E-state index in [0.29, 0.717) is 25.1 Å². The van der Waals surface area contributed by atoms with Crippen LogP contribution in [0.3, 0.4) is 0 Å². The van der Waals surface area contributed by atoms with Gasteiger partial charge in [0.15, 0.2) is 11.9 Å². The van der Waals surface area contributed by atoms with Crippen LogP contribution in [0.1, 0.15) is 43.7 Å². The number of amides is 1. The lowest BCUT2D eigenvalue weighted by atomic mass is 9.74. The first-order valence-corrected chi connectivity index (χ1v) is 8.04. The fraction of sp³-hybridized carbons (Fsp3) is 0.412. The Labute approximate surface area is 139 Å². The first-order chi connectivity index (χ1) is 11.7. The van der Waals surface area contributed by atoms with Crippen molar-refractivity contribution >= 4 is 11.9 Å². The van der Waals surface area contributed by atoms with Crippen LogP contribution in [0.25, 0.3) is 0 Å². The van der Waals surface area contributed by atoms with Crippen molar-refractivity contribution < 1.29 is 14.3 Å². The van der Waals surface area contributed by atoms with E-state index in [9.17, 15) is 9.59 Å². The average Bonchev–Trinajstić information content (AvgIpc) is 3.15. The molecular weight excluding hydrogens is 308 g/mol. The Kier molecular flexibility index (Phi) is 4.59. The second kappa shape index (κ2) is 6.82. The number of carbonyl (C=O) groups excluding carboxylic acids is 2. The molecule has 0 aliphatic carbocycles. The van der Waals surface area contributed by atoms with Gasteiger partial charge in [-0.3, -0.25) is 14.7 Å². The second-order valence-corrected chi connectivity index (χ2v) is 5.90. The molecule has 2 heterocycles. The first kappa shape index (κ1) is 16.2. The molecule has 0 radical (unpaired) electrons.